The number of nitrogens with two attached hydrogens (primary N) is 1. The predicted molar refractivity (Wildman–Crippen MR) is 151 cm³/mol. The number of methoxy groups -OCH3 is 1. The first-order valence-electron chi connectivity index (χ1n) is 14.0. The van der Waals surface area contributed by atoms with E-state index in [-0.39, 0.29) is 0 Å². The number of rotatable bonds is 11. The molecular weight excluding hydrogens is 462 g/mol. The Hall–Kier alpha value is -2.84. The first-order chi connectivity index (χ1) is 18.0. The first kappa shape index (κ1) is 25.8. The van der Waals surface area contributed by atoms with Gasteiger partial charge in [-0.3, -0.25) is 9.80 Å². The Balaban J connectivity index is 1.32. The van der Waals surface area contributed by atoms with Crippen molar-refractivity contribution in [3.8, 4) is 5.75 Å². The third-order valence-corrected chi connectivity index (χ3v) is 8.13. The summed E-state index contributed by atoms with van der Waals surface area (Å²) in [5, 5.41) is 3.49. The monoisotopic (exact) mass is 505 g/mol. The van der Waals surface area contributed by atoms with Crippen molar-refractivity contribution < 1.29 is 4.74 Å². The average molecular weight is 506 g/mol. The van der Waals surface area contributed by atoms with E-state index in [4.69, 9.17) is 10.5 Å². The van der Waals surface area contributed by atoms with E-state index in [0.29, 0.717) is 30.6 Å². The molecule has 0 spiro atoms. The zero-order valence-electron chi connectivity index (χ0n) is 22.9. The van der Waals surface area contributed by atoms with Crippen LogP contribution in [-0.4, -0.2) is 69.2 Å². The second-order valence-corrected chi connectivity index (χ2v) is 11.0. The Kier molecular flexibility index (Phi) is 7.86. The molecule has 0 aliphatic carbocycles. The molecule has 0 saturated carbocycles. The van der Waals surface area contributed by atoms with E-state index in [9.17, 15) is 0 Å². The van der Waals surface area contributed by atoms with Gasteiger partial charge in [0.05, 0.1) is 19.2 Å². The fraction of sp³-hybridized carbons (Fsp3) is 0.586. The lowest BCUT2D eigenvalue weighted by Gasteiger charge is -2.53. The molecule has 2 atom stereocenters. The fourth-order valence-electron chi connectivity index (χ4n) is 6.17. The minimum Gasteiger partial charge on any atom is -0.496 e. The number of hydrogen-bond acceptors (Lipinski definition) is 7. The second kappa shape index (κ2) is 11.3. The lowest BCUT2D eigenvalue weighted by Crippen LogP contribution is -2.63. The number of aromatic nitrogens is 3. The van der Waals surface area contributed by atoms with E-state index in [1.807, 2.05) is 6.07 Å². The van der Waals surface area contributed by atoms with Gasteiger partial charge in [0.25, 0.3) is 0 Å². The van der Waals surface area contributed by atoms with Gasteiger partial charge in [-0.25, -0.2) is 4.98 Å². The summed E-state index contributed by atoms with van der Waals surface area (Å²) in [5.74, 6) is 2.03. The lowest BCUT2D eigenvalue weighted by atomic mass is 9.89. The van der Waals surface area contributed by atoms with E-state index in [2.05, 4.69) is 74.8 Å². The van der Waals surface area contributed by atoms with Crippen LogP contribution in [0.3, 0.4) is 0 Å². The molecule has 2 aromatic heterocycles. The van der Waals surface area contributed by atoms with Gasteiger partial charge in [0.2, 0.25) is 5.95 Å². The van der Waals surface area contributed by atoms with Crippen LogP contribution in [0.1, 0.15) is 64.0 Å². The largest absolute Gasteiger partial charge is 0.496 e. The third-order valence-electron chi connectivity index (χ3n) is 8.13. The van der Waals surface area contributed by atoms with Crippen LogP contribution in [0.2, 0.25) is 0 Å². The number of piperidine rings is 2. The van der Waals surface area contributed by atoms with Crippen LogP contribution >= 0.6 is 0 Å². The summed E-state index contributed by atoms with van der Waals surface area (Å²) in [6, 6.07) is 10.7. The number of unbranched alkanes of at least 4 members (excludes halogenated alkanes) is 2. The van der Waals surface area contributed by atoms with E-state index < -0.39 is 0 Å². The molecule has 1 aromatic carbocycles. The summed E-state index contributed by atoms with van der Waals surface area (Å²) in [6.45, 7) is 11.8. The van der Waals surface area contributed by atoms with Crippen LogP contribution in [0.25, 0.3) is 11.0 Å². The molecule has 37 heavy (non-hydrogen) atoms. The topological polar surface area (TPSA) is 84.5 Å². The van der Waals surface area contributed by atoms with Crippen molar-refractivity contribution in [1.82, 2.24) is 24.3 Å². The number of fused-ring (bicyclic) bond motifs is 4. The van der Waals surface area contributed by atoms with E-state index in [1.165, 1.54) is 44.3 Å². The van der Waals surface area contributed by atoms with Crippen molar-refractivity contribution in [2.75, 3.05) is 37.8 Å². The molecule has 2 bridgehead atoms. The molecule has 3 aliphatic heterocycles. The smallest absolute Gasteiger partial charge is 0.222 e. The quantitative estimate of drug-likeness (QED) is 0.365. The summed E-state index contributed by atoms with van der Waals surface area (Å²) in [6.07, 6.45) is 8.18. The minimum atomic E-state index is 0.299. The zero-order valence-corrected chi connectivity index (χ0v) is 22.9. The number of nitrogens with zero attached hydrogens (tertiary/aromatic N) is 5. The van der Waals surface area contributed by atoms with Crippen molar-refractivity contribution in [2.24, 2.45) is 0 Å². The van der Waals surface area contributed by atoms with Crippen molar-refractivity contribution in [3.63, 3.8) is 0 Å². The highest BCUT2D eigenvalue weighted by molar-refractivity contribution is 5.87. The Morgan fingerprint density at radius 2 is 1.92 bits per heavy atom. The van der Waals surface area contributed by atoms with Crippen LogP contribution in [0.5, 0.6) is 5.75 Å². The highest BCUT2D eigenvalue weighted by Gasteiger charge is 2.39. The number of ether oxygens (including phenoxy) is 1. The molecule has 3 N–H and O–H groups in total. The average Bonchev–Trinajstić information content (AvgIpc) is 3.30. The lowest BCUT2D eigenvalue weighted by molar-refractivity contribution is -0.0399. The first-order valence-corrected chi connectivity index (χ1v) is 14.0. The number of piperazine rings is 1. The molecule has 6 rings (SSSR count). The summed E-state index contributed by atoms with van der Waals surface area (Å²) in [4.78, 5) is 14.4. The van der Waals surface area contributed by atoms with Gasteiger partial charge < -0.3 is 20.4 Å². The highest BCUT2D eigenvalue weighted by Crippen LogP contribution is 2.32. The number of nitrogens with one attached hydrogen (secondary N) is 1. The summed E-state index contributed by atoms with van der Waals surface area (Å²) in [5.41, 5.74) is 10.3. The molecule has 0 radical (unpaired) electrons. The van der Waals surface area contributed by atoms with Crippen LogP contribution in [0, 0.1) is 0 Å². The molecule has 200 valence electrons. The molecule has 8 heteroatoms. The Labute approximate surface area is 221 Å². The summed E-state index contributed by atoms with van der Waals surface area (Å²) in [7, 11) is 1.77. The van der Waals surface area contributed by atoms with Crippen molar-refractivity contribution in [2.45, 2.75) is 84.1 Å². The van der Waals surface area contributed by atoms with Gasteiger partial charge in [0.15, 0.2) is 5.82 Å². The van der Waals surface area contributed by atoms with Gasteiger partial charge in [0.1, 0.15) is 11.3 Å². The van der Waals surface area contributed by atoms with Gasteiger partial charge >= 0.3 is 0 Å². The van der Waals surface area contributed by atoms with E-state index in [1.54, 1.807) is 7.11 Å². The molecular formula is C29H43N7O. The van der Waals surface area contributed by atoms with Crippen LogP contribution in [0.4, 0.5) is 11.8 Å². The van der Waals surface area contributed by atoms with Crippen LogP contribution < -0.4 is 15.8 Å². The zero-order chi connectivity index (χ0) is 25.9. The molecule has 3 aliphatic rings. The van der Waals surface area contributed by atoms with Gasteiger partial charge in [-0.2, -0.15) is 4.98 Å². The maximum Gasteiger partial charge on any atom is 0.222 e. The van der Waals surface area contributed by atoms with Crippen molar-refractivity contribution in [3.05, 3.63) is 41.6 Å². The molecule has 0 amide bonds. The maximum absolute atomic E-state index is 6.00. The van der Waals surface area contributed by atoms with Gasteiger partial charge in [-0.1, -0.05) is 31.9 Å². The van der Waals surface area contributed by atoms with Gasteiger partial charge in [-0.05, 0) is 50.8 Å². The highest BCUT2D eigenvalue weighted by atomic mass is 16.5. The molecule has 3 saturated heterocycles. The number of benzene rings is 1. The molecule has 3 fully saturated rings. The maximum atomic E-state index is 6.00. The number of anilines is 2. The van der Waals surface area contributed by atoms with Crippen molar-refractivity contribution >= 4 is 22.8 Å². The molecule has 2 unspecified atom stereocenters. The SMILES string of the molecule is CCCCCNc1nc(N)nc2ccn(Cc3ccc(CN4CC5CCC4CN5C(C)C)cc3OC)c12. The van der Waals surface area contributed by atoms with Crippen molar-refractivity contribution in [1.29, 1.82) is 0 Å². The fourth-order valence-corrected chi connectivity index (χ4v) is 6.17. The Morgan fingerprint density at radius 1 is 1.08 bits per heavy atom. The Bertz CT molecular complexity index is 1210. The molecule has 3 aromatic rings. The minimum absolute atomic E-state index is 0.299. The summed E-state index contributed by atoms with van der Waals surface area (Å²) < 4.78 is 8.07. The second-order valence-electron chi connectivity index (χ2n) is 11.0. The molecule has 8 nitrogen and oxygen atoms in total. The van der Waals surface area contributed by atoms with E-state index in [0.717, 1.165) is 47.7 Å². The summed E-state index contributed by atoms with van der Waals surface area (Å²) >= 11 is 0. The standard InChI is InChI=1S/C29H43N7O/c1-5-6-7-13-31-28-27-25(32-29(30)33-28)12-14-34(27)17-22-9-8-21(15-26(22)37-4)16-35-18-24-11-10-23(35)19-36(24)20(2)3/h8-9,12,14-15,20,23-24H,5-7,10-11,13,16-19H2,1-4H3,(H3,30,31,32,33). The molecule has 5 heterocycles. The third kappa shape index (κ3) is 5.55. The Morgan fingerprint density at radius 3 is 2.65 bits per heavy atom. The predicted octanol–water partition coefficient (Wildman–Crippen LogP) is 4.73. The normalized spacial score (nSPS) is 20.2. The van der Waals surface area contributed by atoms with Crippen LogP contribution in [0.15, 0.2) is 30.5 Å². The van der Waals surface area contributed by atoms with Gasteiger partial charge in [-0.15, -0.1) is 0 Å². The van der Waals surface area contributed by atoms with Crippen LogP contribution in [-0.2, 0) is 13.1 Å². The van der Waals surface area contributed by atoms with Gasteiger partial charge in [0, 0.05) is 56.1 Å². The number of nitrogen functional groups attached to an aromatic ring is 1. The number of hydrogen-bond donors (Lipinski definition) is 2. The van der Waals surface area contributed by atoms with E-state index >= 15 is 0 Å².